The van der Waals surface area contributed by atoms with Crippen LogP contribution in [0.2, 0.25) is 5.02 Å². The molecule has 98 valence electrons. The van der Waals surface area contributed by atoms with Gasteiger partial charge in [-0.25, -0.2) is 4.98 Å². The van der Waals surface area contributed by atoms with E-state index in [9.17, 15) is 0 Å². The van der Waals surface area contributed by atoms with Crippen LogP contribution >= 0.6 is 24.0 Å². The number of likely N-dealkylation sites (N-methyl/N-ethyl adjacent to an activating group) is 1. The highest BCUT2D eigenvalue weighted by molar-refractivity contribution is 6.30. The fourth-order valence-electron chi connectivity index (χ4n) is 2.06. The predicted octanol–water partition coefficient (Wildman–Crippen LogP) is 1.81. The second-order valence-corrected chi connectivity index (χ2v) is 5.01. The lowest BCUT2D eigenvalue weighted by Crippen LogP contribution is -2.55. The second-order valence-electron chi connectivity index (χ2n) is 4.57. The number of hydrogen-bond donors (Lipinski definition) is 1. The number of imidazole rings is 1. The Morgan fingerprint density at radius 3 is 2.89 bits per heavy atom. The van der Waals surface area contributed by atoms with Gasteiger partial charge in [-0.2, -0.15) is 0 Å². The number of hydrogen-bond acceptors (Lipinski definition) is 3. The van der Waals surface area contributed by atoms with Gasteiger partial charge in [0.2, 0.25) is 0 Å². The molecule has 1 aliphatic heterocycles. The molecule has 1 N–H and O–H groups in total. The maximum atomic E-state index is 5.95. The van der Waals surface area contributed by atoms with E-state index in [1.807, 2.05) is 28.9 Å². The molecule has 1 aliphatic rings. The average Bonchev–Trinajstić information content (AvgIpc) is 2.55. The number of aromatic nitrogens is 2. The molecular formula is C12H16Cl2N4. The summed E-state index contributed by atoms with van der Waals surface area (Å²) < 4.78 is 1.98. The van der Waals surface area contributed by atoms with E-state index in [0.29, 0.717) is 6.04 Å². The van der Waals surface area contributed by atoms with Crippen molar-refractivity contribution < 1.29 is 0 Å². The van der Waals surface area contributed by atoms with Crippen molar-refractivity contribution in [1.29, 1.82) is 0 Å². The van der Waals surface area contributed by atoms with Crippen LogP contribution in [-0.4, -0.2) is 40.5 Å². The fourth-order valence-corrected chi connectivity index (χ4v) is 2.23. The molecule has 0 amide bonds. The quantitative estimate of drug-likeness (QED) is 0.934. The first kappa shape index (κ1) is 13.6. The van der Waals surface area contributed by atoms with Gasteiger partial charge in [-0.15, -0.1) is 12.4 Å². The van der Waals surface area contributed by atoms with Crippen LogP contribution in [0.25, 0.3) is 5.65 Å². The maximum absolute atomic E-state index is 5.95. The van der Waals surface area contributed by atoms with Gasteiger partial charge in [0.25, 0.3) is 0 Å². The summed E-state index contributed by atoms with van der Waals surface area (Å²) in [7, 11) is 2.14. The molecule has 2 aromatic heterocycles. The van der Waals surface area contributed by atoms with Crippen LogP contribution < -0.4 is 5.32 Å². The molecule has 0 saturated carbocycles. The van der Waals surface area contributed by atoms with Crippen molar-refractivity contribution in [1.82, 2.24) is 19.6 Å². The van der Waals surface area contributed by atoms with Crippen molar-refractivity contribution in [3.63, 3.8) is 0 Å². The van der Waals surface area contributed by atoms with Gasteiger partial charge in [0.15, 0.2) is 0 Å². The molecule has 18 heavy (non-hydrogen) atoms. The van der Waals surface area contributed by atoms with Gasteiger partial charge in [0.1, 0.15) is 5.65 Å². The van der Waals surface area contributed by atoms with E-state index in [4.69, 9.17) is 11.6 Å². The number of rotatable bonds is 3. The van der Waals surface area contributed by atoms with Crippen molar-refractivity contribution in [2.24, 2.45) is 0 Å². The maximum Gasteiger partial charge on any atom is 0.137 e. The van der Waals surface area contributed by atoms with Crippen LogP contribution in [0, 0.1) is 0 Å². The predicted molar refractivity (Wildman–Crippen MR) is 75.6 cm³/mol. The molecule has 3 rings (SSSR count). The van der Waals surface area contributed by atoms with Crippen molar-refractivity contribution in [3.05, 3.63) is 35.2 Å². The Labute approximate surface area is 117 Å². The zero-order valence-electron chi connectivity index (χ0n) is 10.1. The van der Waals surface area contributed by atoms with Gasteiger partial charge in [-0.05, 0) is 19.2 Å². The number of pyridine rings is 1. The molecule has 0 aliphatic carbocycles. The van der Waals surface area contributed by atoms with Crippen LogP contribution in [0.15, 0.2) is 24.5 Å². The summed E-state index contributed by atoms with van der Waals surface area (Å²) in [6.07, 6.45) is 3.93. The Kier molecular flexibility index (Phi) is 4.12. The van der Waals surface area contributed by atoms with Gasteiger partial charge < -0.3 is 9.72 Å². The molecule has 6 heteroatoms. The normalized spacial score (nSPS) is 15.7. The molecular weight excluding hydrogens is 271 g/mol. The number of halogens is 2. The summed E-state index contributed by atoms with van der Waals surface area (Å²) in [5.74, 6) is 0. The lowest BCUT2D eigenvalue weighted by atomic mass is 10.1. The first-order valence-electron chi connectivity index (χ1n) is 5.76. The largest absolute Gasteiger partial charge is 0.314 e. The third kappa shape index (κ3) is 2.62. The van der Waals surface area contributed by atoms with E-state index in [0.717, 1.165) is 36.0 Å². The van der Waals surface area contributed by atoms with Gasteiger partial charge in [-0.3, -0.25) is 4.90 Å². The van der Waals surface area contributed by atoms with Gasteiger partial charge in [0, 0.05) is 38.1 Å². The minimum Gasteiger partial charge on any atom is -0.314 e. The van der Waals surface area contributed by atoms with Crippen molar-refractivity contribution in [3.8, 4) is 0 Å². The summed E-state index contributed by atoms with van der Waals surface area (Å²) >= 11 is 5.95. The topological polar surface area (TPSA) is 32.6 Å². The van der Waals surface area contributed by atoms with Crippen LogP contribution in [-0.2, 0) is 6.54 Å². The lowest BCUT2D eigenvalue weighted by molar-refractivity contribution is 0.171. The summed E-state index contributed by atoms with van der Waals surface area (Å²) in [6.45, 7) is 3.04. The van der Waals surface area contributed by atoms with Gasteiger partial charge in [0.05, 0.1) is 10.7 Å². The highest BCUT2D eigenvalue weighted by atomic mass is 35.5. The molecule has 1 fully saturated rings. The van der Waals surface area contributed by atoms with Gasteiger partial charge in [-0.1, -0.05) is 11.6 Å². The van der Waals surface area contributed by atoms with Gasteiger partial charge >= 0.3 is 0 Å². The van der Waals surface area contributed by atoms with Crippen molar-refractivity contribution in [2.45, 2.75) is 12.6 Å². The Morgan fingerprint density at radius 1 is 1.44 bits per heavy atom. The third-order valence-electron chi connectivity index (χ3n) is 3.26. The molecule has 0 unspecified atom stereocenters. The first-order chi connectivity index (χ1) is 8.22. The smallest absolute Gasteiger partial charge is 0.137 e. The second kappa shape index (κ2) is 5.45. The number of nitrogens with one attached hydrogen (secondary N) is 1. The SMILES string of the molecule is CN(Cc1cn2cc(Cl)ccc2n1)C1CNC1.Cl. The van der Waals surface area contributed by atoms with E-state index in [2.05, 4.69) is 22.2 Å². The highest BCUT2D eigenvalue weighted by Crippen LogP contribution is 2.13. The van der Waals surface area contributed by atoms with E-state index in [1.54, 1.807) is 0 Å². The van der Waals surface area contributed by atoms with E-state index < -0.39 is 0 Å². The molecule has 1 saturated heterocycles. The Hall–Kier alpha value is -0.810. The van der Waals surface area contributed by atoms with E-state index >= 15 is 0 Å². The number of fused-ring (bicyclic) bond motifs is 1. The third-order valence-corrected chi connectivity index (χ3v) is 3.48. The van der Waals surface area contributed by atoms with Crippen LogP contribution in [0.1, 0.15) is 5.69 Å². The van der Waals surface area contributed by atoms with Crippen molar-refractivity contribution >= 4 is 29.7 Å². The first-order valence-corrected chi connectivity index (χ1v) is 6.14. The molecule has 0 aromatic carbocycles. The molecule has 0 radical (unpaired) electrons. The molecule has 4 nitrogen and oxygen atoms in total. The average molecular weight is 287 g/mol. The zero-order valence-corrected chi connectivity index (χ0v) is 11.7. The minimum absolute atomic E-state index is 0. The molecule has 0 atom stereocenters. The Bertz CT molecular complexity index is 536. The number of nitrogens with zero attached hydrogens (tertiary/aromatic N) is 3. The summed E-state index contributed by atoms with van der Waals surface area (Å²) in [6, 6.07) is 4.45. The van der Waals surface area contributed by atoms with Crippen LogP contribution in [0.3, 0.4) is 0 Å². The monoisotopic (exact) mass is 286 g/mol. The molecule has 0 bridgehead atoms. The summed E-state index contributed by atoms with van der Waals surface area (Å²) in [5.41, 5.74) is 2.03. The Morgan fingerprint density at radius 2 is 2.22 bits per heavy atom. The van der Waals surface area contributed by atoms with E-state index in [-0.39, 0.29) is 12.4 Å². The highest BCUT2D eigenvalue weighted by Gasteiger charge is 2.21. The standard InChI is InChI=1S/C12H15ClN4.ClH/c1-16(11-4-14-5-11)7-10-8-17-6-9(13)2-3-12(17)15-10;/h2-3,6,8,11,14H,4-5,7H2,1H3;1H. The molecule has 0 spiro atoms. The fraction of sp³-hybridized carbons (Fsp3) is 0.417. The molecule has 3 heterocycles. The van der Waals surface area contributed by atoms with Crippen LogP contribution in [0.5, 0.6) is 0 Å². The molecule has 2 aromatic rings. The van der Waals surface area contributed by atoms with Crippen LogP contribution in [0.4, 0.5) is 0 Å². The lowest BCUT2D eigenvalue weighted by Gasteiger charge is -2.35. The summed E-state index contributed by atoms with van der Waals surface area (Å²) in [4.78, 5) is 6.91. The zero-order chi connectivity index (χ0) is 11.8. The van der Waals surface area contributed by atoms with Crippen molar-refractivity contribution in [2.75, 3.05) is 20.1 Å². The summed E-state index contributed by atoms with van der Waals surface area (Å²) in [5, 5.41) is 4.01. The minimum atomic E-state index is 0. The Balaban J connectivity index is 0.00000120. The van der Waals surface area contributed by atoms with E-state index in [1.165, 1.54) is 0 Å².